The molecule has 0 aliphatic rings. The van der Waals surface area contributed by atoms with Crippen LogP contribution in [0.25, 0.3) is 11.0 Å². The number of benzene rings is 1. The smallest absolute Gasteiger partial charge is 0.176 e. The van der Waals surface area contributed by atoms with E-state index in [4.69, 9.17) is 4.42 Å². The highest BCUT2D eigenvalue weighted by Gasteiger charge is 2.14. The topological polar surface area (TPSA) is 43.1 Å². The van der Waals surface area contributed by atoms with Crippen molar-refractivity contribution in [2.75, 3.05) is 5.75 Å². The third kappa shape index (κ3) is 2.64. The van der Waals surface area contributed by atoms with E-state index < -0.39 is 0 Å². The molecule has 0 atom stereocenters. The maximum Gasteiger partial charge on any atom is 0.176 e. The second-order valence-corrected chi connectivity index (χ2v) is 5.97. The van der Waals surface area contributed by atoms with Crippen LogP contribution in [0.4, 0.5) is 0 Å². The molecule has 2 heterocycles. The number of hydrogen-bond acceptors (Lipinski definition) is 4. The molecule has 3 rings (SSSR count). The average molecular weight is 348 g/mol. The number of hydrogen-bond donors (Lipinski definition) is 0. The lowest BCUT2D eigenvalue weighted by Gasteiger charge is -2.01. The minimum Gasteiger partial charge on any atom is -0.464 e. The predicted molar refractivity (Wildman–Crippen MR) is 83.2 cm³/mol. The van der Waals surface area contributed by atoms with Gasteiger partial charge in [0.15, 0.2) is 5.78 Å². The van der Waals surface area contributed by atoms with Crippen LogP contribution < -0.4 is 0 Å². The lowest BCUT2D eigenvalue weighted by Crippen LogP contribution is -2.01. The highest BCUT2D eigenvalue weighted by atomic mass is 79.9. The molecule has 0 unspecified atom stereocenters. The average Bonchev–Trinajstić information content (AvgIpc) is 2.90. The van der Waals surface area contributed by atoms with Gasteiger partial charge in [-0.3, -0.25) is 4.79 Å². The van der Waals surface area contributed by atoms with E-state index in [2.05, 4.69) is 20.9 Å². The first-order valence-electron chi connectivity index (χ1n) is 5.98. The Labute approximate surface area is 128 Å². The third-order valence-electron chi connectivity index (χ3n) is 2.85. The van der Waals surface area contributed by atoms with Gasteiger partial charge in [0.1, 0.15) is 16.9 Å². The Morgan fingerprint density at radius 3 is 2.95 bits per heavy atom. The van der Waals surface area contributed by atoms with E-state index in [1.54, 1.807) is 6.20 Å². The maximum atomic E-state index is 12.3. The lowest BCUT2D eigenvalue weighted by atomic mass is 10.1. The summed E-state index contributed by atoms with van der Waals surface area (Å²) in [5, 5.41) is 1.67. The minimum absolute atomic E-state index is 0.0394. The molecule has 0 spiro atoms. The maximum absolute atomic E-state index is 12.3. The van der Waals surface area contributed by atoms with E-state index in [9.17, 15) is 4.79 Å². The van der Waals surface area contributed by atoms with Gasteiger partial charge in [-0.25, -0.2) is 4.98 Å². The molecule has 5 heteroatoms. The summed E-state index contributed by atoms with van der Waals surface area (Å²) in [5.41, 5.74) is 1.36. The largest absolute Gasteiger partial charge is 0.464 e. The molecule has 3 aromatic rings. The molecule has 3 nitrogen and oxygen atoms in total. The van der Waals surface area contributed by atoms with E-state index in [-0.39, 0.29) is 5.78 Å². The first kappa shape index (κ1) is 13.4. The Kier molecular flexibility index (Phi) is 3.89. The van der Waals surface area contributed by atoms with E-state index >= 15 is 0 Å². The van der Waals surface area contributed by atoms with Gasteiger partial charge in [-0.2, -0.15) is 0 Å². The monoisotopic (exact) mass is 347 g/mol. The van der Waals surface area contributed by atoms with E-state index in [1.807, 2.05) is 36.4 Å². The number of para-hydroxylation sites is 1. The number of ketones is 1. The van der Waals surface area contributed by atoms with E-state index in [1.165, 1.54) is 18.0 Å². The molecule has 2 aromatic heterocycles. The molecular formula is C15H10BrNO2S. The zero-order chi connectivity index (χ0) is 13.9. The normalized spacial score (nSPS) is 10.8. The van der Waals surface area contributed by atoms with Gasteiger partial charge in [-0.1, -0.05) is 30.0 Å². The molecule has 0 saturated heterocycles. The van der Waals surface area contributed by atoms with Crippen molar-refractivity contribution < 1.29 is 9.21 Å². The van der Waals surface area contributed by atoms with Crippen molar-refractivity contribution >= 4 is 44.4 Å². The van der Waals surface area contributed by atoms with Gasteiger partial charge in [0.25, 0.3) is 0 Å². The van der Waals surface area contributed by atoms with Crippen LogP contribution in [0.3, 0.4) is 0 Å². The number of carbonyl (C=O) groups is 1. The Bertz CT molecular complexity index is 769. The van der Waals surface area contributed by atoms with Crippen molar-refractivity contribution in [3.05, 3.63) is 58.9 Å². The summed E-state index contributed by atoms with van der Waals surface area (Å²) in [6, 6.07) is 11.3. The van der Waals surface area contributed by atoms with Gasteiger partial charge < -0.3 is 4.42 Å². The molecule has 0 bridgehead atoms. The van der Waals surface area contributed by atoms with Crippen molar-refractivity contribution in [2.24, 2.45) is 0 Å². The van der Waals surface area contributed by atoms with Gasteiger partial charge >= 0.3 is 0 Å². The van der Waals surface area contributed by atoms with Crippen molar-refractivity contribution in [3.63, 3.8) is 0 Å². The van der Waals surface area contributed by atoms with Crippen LogP contribution in [0.15, 0.2) is 62.8 Å². The van der Waals surface area contributed by atoms with Crippen molar-refractivity contribution in [2.45, 2.75) is 5.03 Å². The molecule has 20 heavy (non-hydrogen) atoms. The molecule has 0 fully saturated rings. The second kappa shape index (κ2) is 5.81. The van der Waals surface area contributed by atoms with Crippen LogP contribution in [0.5, 0.6) is 0 Å². The van der Waals surface area contributed by atoms with E-state index in [0.29, 0.717) is 11.3 Å². The molecule has 0 radical (unpaired) electrons. The van der Waals surface area contributed by atoms with Gasteiger partial charge in [0, 0.05) is 16.1 Å². The third-order valence-corrected chi connectivity index (χ3v) is 4.75. The van der Waals surface area contributed by atoms with Crippen LogP contribution >= 0.6 is 27.7 Å². The first-order chi connectivity index (χ1) is 9.75. The minimum atomic E-state index is 0.0394. The SMILES string of the molecule is O=C(CSc1ncccc1Br)c1coc2ccccc12. The Balaban J connectivity index is 1.79. The summed E-state index contributed by atoms with van der Waals surface area (Å²) >= 11 is 4.83. The van der Waals surface area contributed by atoms with Crippen LogP contribution in [0.2, 0.25) is 0 Å². The van der Waals surface area contributed by atoms with Crippen molar-refractivity contribution in [3.8, 4) is 0 Å². The standard InChI is InChI=1S/C15H10BrNO2S/c16-12-5-3-7-17-15(12)20-9-13(18)11-8-19-14-6-2-1-4-10(11)14/h1-8H,9H2. The fourth-order valence-electron chi connectivity index (χ4n) is 1.88. The van der Waals surface area contributed by atoms with Gasteiger partial charge in [0.2, 0.25) is 0 Å². The Hall–Kier alpha value is -1.59. The summed E-state index contributed by atoms with van der Waals surface area (Å²) < 4.78 is 6.29. The fourth-order valence-corrected chi connectivity index (χ4v) is 3.25. The molecule has 100 valence electrons. The van der Waals surface area contributed by atoms with Gasteiger partial charge in [-0.15, -0.1) is 0 Å². The van der Waals surface area contributed by atoms with Gasteiger partial charge in [-0.05, 0) is 34.1 Å². The molecule has 0 saturated carbocycles. The number of pyridine rings is 1. The highest BCUT2D eigenvalue weighted by molar-refractivity contribution is 9.10. The number of aromatic nitrogens is 1. The molecule has 0 N–H and O–H groups in total. The van der Waals surface area contributed by atoms with Crippen molar-refractivity contribution in [1.29, 1.82) is 0 Å². The molecule has 0 amide bonds. The number of Topliss-reactive ketones (excluding diaryl/α,β-unsaturated/α-hetero) is 1. The van der Waals surface area contributed by atoms with Crippen LogP contribution in [0, 0.1) is 0 Å². The lowest BCUT2D eigenvalue weighted by molar-refractivity contribution is 0.102. The number of furan rings is 1. The summed E-state index contributed by atoms with van der Waals surface area (Å²) in [6.45, 7) is 0. The predicted octanol–water partition coefficient (Wildman–Crippen LogP) is 4.57. The number of nitrogens with zero attached hydrogens (tertiary/aromatic N) is 1. The zero-order valence-corrected chi connectivity index (χ0v) is 12.8. The van der Waals surface area contributed by atoms with Crippen molar-refractivity contribution in [1.82, 2.24) is 4.98 Å². The molecule has 1 aromatic carbocycles. The Morgan fingerprint density at radius 2 is 2.10 bits per heavy atom. The second-order valence-electron chi connectivity index (χ2n) is 4.15. The van der Waals surface area contributed by atoms with Gasteiger partial charge in [0.05, 0.1) is 11.3 Å². The zero-order valence-electron chi connectivity index (χ0n) is 10.4. The fraction of sp³-hybridized carbons (Fsp3) is 0.0667. The highest BCUT2D eigenvalue weighted by Crippen LogP contribution is 2.27. The summed E-state index contributed by atoms with van der Waals surface area (Å²) in [7, 11) is 0. The summed E-state index contributed by atoms with van der Waals surface area (Å²) in [5.74, 6) is 0.372. The first-order valence-corrected chi connectivity index (χ1v) is 7.76. The summed E-state index contributed by atoms with van der Waals surface area (Å²) in [6.07, 6.45) is 3.24. The van der Waals surface area contributed by atoms with Crippen LogP contribution in [-0.4, -0.2) is 16.5 Å². The van der Waals surface area contributed by atoms with Crippen LogP contribution in [0.1, 0.15) is 10.4 Å². The Morgan fingerprint density at radius 1 is 1.25 bits per heavy atom. The van der Waals surface area contributed by atoms with Crippen LogP contribution in [-0.2, 0) is 0 Å². The van der Waals surface area contributed by atoms with E-state index in [0.717, 1.165) is 20.5 Å². The number of fused-ring (bicyclic) bond motifs is 1. The molecule has 0 aliphatic carbocycles. The number of carbonyl (C=O) groups excluding carboxylic acids is 1. The quantitative estimate of drug-likeness (QED) is 0.512. The summed E-state index contributed by atoms with van der Waals surface area (Å²) in [4.78, 5) is 16.5. The number of rotatable bonds is 4. The number of thioether (sulfide) groups is 1. The molecule has 0 aliphatic heterocycles. The molecular weight excluding hydrogens is 338 g/mol. The number of halogens is 1.